The zero-order chi connectivity index (χ0) is 26.0. The molecule has 1 atom stereocenters. The number of ether oxygens (including phenoxy) is 1. The molecule has 1 N–H and O–H groups in total. The molecule has 0 saturated carbocycles. The molecule has 1 heterocycles. The van der Waals surface area contributed by atoms with Crippen LogP contribution in [-0.2, 0) is 14.4 Å². The van der Waals surface area contributed by atoms with Crippen molar-refractivity contribution in [1.82, 2.24) is 0 Å². The molecule has 0 aliphatic carbocycles. The predicted octanol–water partition coefficient (Wildman–Crippen LogP) is 4.02. The molecule has 1 fully saturated rings. The first-order chi connectivity index (χ1) is 17.2. The van der Waals surface area contributed by atoms with Gasteiger partial charge in [-0.3, -0.25) is 29.4 Å². The summed E-state index contributed by atoms with van der Waals surface area (Å²) in [4.78, 5) is 49.4. The van der Waals surface area contributed by atoms with Crippen molar-refractivity contribution in [2.75, 3.05) is 4.90 Å². The number of nitro benzene ring substituents is 1. The number of esters is 1. The van der Waals surface area contributed by atoms with Gasteiger partial charge in [0.15, 0.2) is 0 Å². The predicted molar refractivity (Wildman–Crippen MR) is 127 cm³/mol. The van der Waals surface area contributed by atoms with Crippen LogP contribution in [0.5, 0.6) is 5.75 Å². The number of ketones is 1. The van der Waals surface area contributed by atoms with Crippen molar-refractivity contribution in [3.63, 3.8) is 0 Å². The van der Waals surface area contributed by atoms with Gasteiger partial charge in [-0.15, -0.1) is 0 Å². The van der Waals surface area contributed by atoms with Gasteiger partial charge in [0, 0.05) is 30.3 Å². The lowest BCUT2D eigenvalue weighted by molar-refractivity contribution is -0.384. The van der Waals surface area contributed by atoms with Gasteiger partial charge in [0.1, 0.15) is 11.5 Å². The van der Waals surface area contributed by atoms with Crippen molar-refractivity contribution in [2.24, 2.45) is 0 Å². The Balaban J connectivity index is 1.91. The standard InChI is InChI=1S/C26H17N3O7/c1-15(30)36-21-4-2-3-18(13-21)23-22(24(31)17-7-11-20(12-8-17)29(34)35)25(32)26(33)28(23)19-9-5-16(14-27)6-10-19/h2-13,23,31H,1H3/b24-22+. The molecule has 0 spiro atoms. The lowest BCUT2D eigenvalue weighted by atomic mass is 9.95. The van der Waals surface area contributed by atoms with E-state index < -0.39 is 34.4 Å². The van der Waals surface area contributed by atoms with Crippen LogP contribution < -0.4 is 9.64 Å². The number of amides is 1. The Kier molecular flexibility index (Phi) is 6.30. The van der Waals surface area contributed by atoms with Gasteiger partial charge < -0.3 is 9.84 Å². The maximum absolute atomic E-state index is 13.2. The van der Waals surface area contributed by atoms with E-state index in [4.69, 9.17) is 10.00 Å². The number of rotatable bonds is 5. The summed E-state index contributed by atoms with van der Waals surface area (Å²) >= 11 is 0. The minimum atomic E-state index is -1.12. The summed E-state index contributed by atoms with van der Waals surface area (Å²) in [5.41, 5.74) is 0.630. The van der Waals surface area contributed by atoms with E-state index >= 15 is 0 Å². The van der Waals surface area contributed by atoms with E-state index in [9.17, 15) is 29.6 Å². The average Bonchev–Trinajstić information content (AvgIpc) is 3.13. The molecule has 1 amide bonds. The normalized spacial score (nSPS) is 16.4. The summed E-state index contributed by atoms with van der Waals surface area (Å²) in [6.07, 6.45) is 0. The second-order valence-electron chi connectivity index (χ2n) is 7.80. The Morgan fingerprint density at radius 1 is 1.08 bits per heavy atom. The summed E-state index contributed by atoms with van der Waals surface area (Å²) in [7, 11) is 0. The van der Waals surface area contributed by atoms with Gasteiger partial charge >= 0.3 is 5.97 Å². The number of nitrogens with zero attached hydrogens (tertiary/aromatic N) is 3. The van der Waals surface area contributed by atoms with Crippen molar-refractivity contribution in [3.05, 3.63) is 105 Å². The van der Waals surface area contributed by atoms with Crippen molar-refractivity contribution < 1.29 is 29.2 Å². The van der Waals surface area contributed by atoms with Gasteiger partial charge in [0.25, 0.3) is 17.4 Å². The summed E-state index contributed by atoms with van der Waals surface area (Å²) in [6.45, 7) is 1.23. The molecule has 3 aromatic rings. The van der Waals surface area contributed by atoms with Crippen LogP contribution >= 0.6 is 0 Å². The van der Waals surface area contributed by atoms with Crippen LogP contribution in [0.4, 0.5) is 11.4 Å². The largest absolute Gasteiger partial charge is 0.507 e. The highest BCUT2D eigenvalue weighted by Gasteiger charge is 2.47. The third-order valence-electron chi connectivity index (χ3n) is 5.51. The molecule has 36 heavy (non-hydrogen) atoms. The number of hydrogen-bond acceptors (Lipinski definition) is 8. The van der Waals surface area contributed by atoms with Crippen LogP contribution in [0.2, 0.25) is 0 Å². The maximum atomic E-state index is 13.2. The van der Waals surface area contributed by atoms with Gasteiger partial charge in [-0.25, -0.2) is 0 Å². The molecular formula is C26H17N3O7. The summed E-state index contributed by atoms with van der Waals surface area (Å²) in [5.74, 6) is -2.83. The number of anilines is 1. The van der Waals surface area contributed by atoms with E-state index in [2.05, 4.69) is 0 Å². The molecule has 1 aliphatic rings. The number of carbonyl (C=O) groups is 3. The zero-order valence-electron chi connectivity index (χ0n) is 18.7. The van der Waals surface area contributed by atoms with Crippen molar-refractivity contribution in [2.45, 2.75) is 13.0 Å². The maximum Gasteiger partial charge on any atom is 0.308 e. The number of non-ortho nitro benzene ring substituents is 1. The molecule has 4 rings (SSSR count). The Labute approximate surface area is 204 Å². The van der Waals surface area contributed by atoms with Gasteiger partial charge in [-0.1, -0.05) is 12.1 Å². The van der Waals surface area contributed by atoms with E-state index in [1.54, 1.807) is 12.1 Å². The number of aliphatic hydroxyl groups excluding tert-OH is 1. The van der Waals surface area contributed by atoms with E-state index in [0.29, 0.717) is 16.8 Å². The molecule has 178 valence electrons. The molecule has 0 radical (unpaired) electrons. The quantitative estimate of drug-likeness (QED) is 0.109. The van der Waals surface area contributed by atoms with Gasteiger partial charge in [0.2, 0.25) is 0 Å². The van der Waals surface area contributed by atoms with Crippen LogP contribution in [-0.4, -0.2) is 27.7 Å². The monoisotopic (exact) mass is 483 g/mol. The fourth-order valence-corrected chi connectivity index (χ4v) is 3.92. The first-order valence-corrected chi connectivity index (χ1v) is 10.6. The minimum Gasteiger partial charge on any atom is -0.507 e. The molecule has 1 unspecified atom stereocenters. The molecule has 0 aromatic heterocycles. The number of carbonyl (C=O) groups excluding carboxylic acids is 3. The highest BCUT2D eigenvalue weighted by Crippen LogP contribution is 2.43. The fraction of sp³-hybridized carbons (Fsp3) is 0.0769. The summed E-state index contributed by atoms with van der Waals surface area (Å²) in [6, 6.07) is 17.9. The Morgan fingerprint density at radius 3 is 2.33 bits per heavy atom. The van der Waals surface area contributed by atoms with Crippen LogP contribution in [0.3, 0.4) is 0 Å². The number of benzene rings is 3. The number of Topliss-reactive ketones (excluding diaryl/α,β-unsaturated/α-hetero) is 1. The number of nitro groups is 1. The van der Waals surface area contributed by atoms with Crippen molar-refractivity contribution in [1.29, 1.82) is 5.26 Å². The number of nitriles is 1. The Morgan fingerprint density at radius 2 is 1.75 bits per heavy atom. The summed E-state index contributed by atoms with van der Waals surface area (Å²) in [5, 5.41) is 31.2. The molecule has 1 saturated heterocycles. The zero-order valence-corrected chi connectivity index (χ0v) is 18.7. The van der Waals surface area contributed by atoms with Crippen LogP contribution in [0, 0.1) is 21.4 Å². The number of hydrogen-bond donors (Lipinski definition) is 1. The van der Waals surface area contributed by atoms with E-state index in [0.717, 1.165) is 0 Å². The topological polar surface area (TPSA) is 151 Å². The SMILES string of the molecule is CC(=O)Oc1cccc(C2/C(=C(\O)c3ccc([N+](=O)[O-])cc3)C(=O)C(=O)N2c2ccc(C#N)cc2)c1. The van der Waals surface area contributed by atoms with Crippen LogP contribution in [0.15, 0.2) is 78.4 Å². The average molecular weight is 483 g/mol. The van der Waals surface area contributed by atoms with Crippen molar-refractivity contribution >= 4 is 34.8 Å². The second kappa shape index (κ2) is 9.52. The second-order valence-corrected chi connectivity index (χ2v) is 7.80. The first-order valence-electron chi connectivity index (χ1n) is 10.6. The molecule has 10 nitrogen and oxygen atoms in total. The van der Waals surface area contributed by atoms with Crippen LogP contribution in [0.25, 0.3) is 5.76 Å². The van der Waals surface area contributed by atoms with E-state index in [-0.39, 0.29) is 22.6 Å². The van der Waals surface area contributed by atoms with Gasteiger partial charge in [-0.2, -0.15) is 5.26 Å². The molecule has 10 heteroatoms. The Hall–Kier alpha value is -5.30. The lowest BCUT2D eigenvalue weighted by Crippen LogP contribution is -2.29. The minimum absolute atomic E-state index is 0.0968. The third kappa shape index (κ3) is 4.41. The van der Waals surface area contributed by atoms with Crippen LogP contribution in [0.1, 0.15) is 29.7 Å². The molecular weight excluding hydrogens is 466 g/mol. The van der Waals surface area contributed by atoms with E-state index in [1.807, 2.05) is 6.07 Å². The smallest absolute Gasteiger partial charge is 0.308 e. The Bertz CT molecular complexity index is 1470. The lowest BCUT2D eigenvalue weighted by Gasteiger charge is -2.25. The van der Waals surface area contributed by atoms with Gasteiger partial charge in [0.05, 0.1) is 28.2 Å². The van der Waals surface area contributed by atoms with Crippen molar-refractivity contribution in [3.8, 4) is 11.8 Å². The third-order valence-corrected chi connectivity index (χ3v) is 5.51. The molecule has 3 aromatic carbocycles. The fourth-order valence-electron chi connectivity index (χ4n) is 3.92. The van der Waals surface area contributed by atoms with E-state index in [1.165, 1.54) is 72.5 Å². The highest BCUT2D eigenvalue weighted by molar-refractivity contribution is 6.51. The highest BCUT2D eigenvalue weighted by atomic mass is 16.6. The number of aliphatic hydroxyl groups is 1. The molecule has 1 aliphatic heterocycles. The summed E-state index contributed by atoms with van der Waals surface area (Å²) < 4.78 is 5.15. The van der Waals surface area contributed by atoms with Gasteiger partial charge in [-0.05, 0) is 54.1 Å². The first kappa shape index (κ1) is 23.8. The molecule has 0 bridgehead atoms.